The normalized spacial score (nSPS) is 28.8. The number of amides is 1. The molecule has 4 heterocycles. The van der Waals surface area contributed by atoms with Gasteiger partial charge >= 0.3 is 0 Å². The van der Waals surface area contributed by atoms with Crippen molar-refractivity contribution in [2.75, 3.05) is 6.54 Å². The van der Waals surface area contributed by atoms with Crippen molar-refractivity contribution in [2.24, 2.45) is 0 Å². The summed E-state index contributed by atoms with van der Waals surface area (Å²) in [5.74, 6) is 0.746. The molecular weight excluding hydrogens is 318 g/mol. The Kier molecular flexibility index (Phi) is 4.31. The molecule has 2 unspecified atom stereocenters. The van der Waals surface area contributed by atoms with Gasteiger partial charge < -0.3 is 14.8 Å². The first-order valence-corrected chi connectivity index (χ1v) is 8.83. The summed E-state index contributed by atoms with van der Waals surface area (Å²) < 4.78 is 5.24. The van der Waals surface area contributed by atoms with E-state index in [1.165, 1.54) is 0 Å². The molecule has 0 saturated carbocycles. The van der Waals surface area contributed by atoms with Crippen molar-refractivity contribution >= 4 is 5.91 Å². The third-order valence-corrected chi connectivity index (χ3v) is 5.43. The van der Waals surface area contributed by atoms with E-state index in [-0.39, 0.29) is 18.0 Å². The van der Waals surface area contributed by atoms with Crippen LogP contribution in [0, 0.1) is 0 Å². The van der Waals surface area contributed by atoms with E-state index in [0.29, 0.717) is 25.9 Å². The largest absolute Gasteiger partial charge is 0.467 e. The van der Waals surface area contributed by atoms with Gasteiger partial charge in [0.1, 0.15) is 11.4 Å². The fourth-order valence-electron chi connectivity index (χ4n) is 4.24. The number of aliphatic hydroxyl groups is 1. The molecule has 2 N–H and O–H groups in total. The van der Waals surface area contributed by atoms with Gasteiger partial charge in [0.2, 0.25) is 5.91 Å². The lowest BCUT2D eigenvalue weighted by Gasteiger charge is -2.43. The zero-order valence-corrected chi connectivity index (χ0v) is 14.1. The molecule has 0 aliphatic carbocycles. The molecule has 2 saturated heterocycles. The van der Waals surface area contributed by atoms with Crippen LogP contribution < -0.4 is 5.32 Å². The van der Waals surface area contributed by atoms with E-state index in [9.17, 15) is 9.90 Å². The van der Waals surface area contributed by atoms with Crippen molar-refractivity contribution in [3.63, 3.8) is 0 Å². The van der Waals surface area contributed by atoms with Crippen LogP contribution in [0.2, 0.25) is 0 Å². The van der Waals surface area contributed by atoms with Crippen LogP contribution in [-0.2, 0) is 16.9 Å². The molecule has 2 aromatic rings. The lowest BCUT2D eigenvalue weighted by Crippen LogP contribution is -2.52. The Balaban J connectivity index is 1.38. The van der Waals surface area contributed by atoms with E-state index in [1.54, 1.807) is 12.5 Å². The van der Waals surface area contributed by atoms with E-state index in [2.05, 4.69) is 15.2 Å². The van der Waals surface area contributed by atoms with Gasteiger partial charge in [-0.1, -0.05) is 6.07 Å². The van der Waals surface area contributed by atoms with E-state index in [0.717, 1.165) is 24.3 Å². The second-order valence-corrected chi connectivity index (χ2v) is 7.07. The van der Waals surface area contributed by atoms with Crippen LogP contribution >= 0.6 is 0 Å². The number of piperidine rings is 1. The number of carbonyl (C=O) groups is 1. The maximum atomic E-state index is 12.3. The molecule has 25 heavy (non-hydrogen) atoms. The molecule has 2 atom stereocenters. The minimum Gasteiger partial charge on any atom is -0.467 e. The standard InChI is InChI=1S/C19H23N3O3/c23-18(21-12-16-4-3-9-25-16)13-22-14-6-7-15(22)11-19(24,10-14)17-5-1-2-8-20-17/h1-5,8-9,14-15,24H,6-7,10-13H2,(H,21,23). The molecule has 2 fully saturated rings. The van der Waals surface area contributed by atoms with Crippen molar-refractivity contribution in [3.05, 3.63) is 54.2 Å². The zero-order chi connectivity index (χ0) is 17.3. The fraction of sp³-hybridized carbons (Fsp3) is 0.474. The minimum absolute atomic E-state index is 0.00317. The Hall–Kier alpha value is -2.18. The summed E-state index contributed by atoms with van der Waals surface area (Å²) in [5.41, 5.74) is -0.136. The number of rotatable bonds is 5. The van der Waals surface area contributed by atoms with Crippen LogP contribution in [0.15, 0.2) is 47.2 Å². The first-order valence-electron chi connectivity index (χ1n) is 8.83. The summed E-state index contributed by atoms with van der Waals surface area (Å²) >= 11 is 0. The fourth-order valence-corrected chi connectivity index (χ4v) is 4.24. The zero-order valence-electron chi connectivity index (χ0n) is 14.1. The molecule has 1 amide bonds. The predicted molar refractivity (Wildman–Crippen MR) is 91.4 cm³/mol. The third kappa shape index (κ3) is 3.32. The number of hydrogen-bond donors (Lipinski definition) is 2. The summed E-state index contributed by atoms with van der Waals surface area (Å²) in [6, 6.07) is 9.77. The predicted octanol–water partition coefficient (Wildman–Crippen LogP) is 1.81. The maximum absolute atomic E-state index is 12.3. The average Bonchev–Trinajstić information content (AvgIpc) is 3.22. The second kappa shape index (κ2) is 6.61. The Morgan fingerprint density at radius 3 is 2.72 bits per heavy atom. The van der Waals surface area contributed by atoms with Gasteiger partial charge in [-0.05, 0) is 49.9 Å². The summed E-state index contributed by atoms with van der Waals surface area (Å²) in [4.78, 5) is 18.9. The number of fused-ring (bicyclic) bond motifs is 2. The number of nitrogens with one attached hydrogen (secondary N) is 1. The average molecular weight is 341 g/mol. The SMILES string of the molecule is O=C(CN1C2CCC1CC(O)(c1ccccn1)C2)NCc1ccco1. The Morgan fingerprint density at radius 2 is 2.08 bits per heavy atom. The summed E-state index contributed by atoms with van der Waals surface area (Å²) in [6.45, 7) is 0.779. The molecule has 4 rings (SSSR count). The first-order chi connectivity index (χ1) is 12.1. The molecule has 2 aliphatic rings. The highest BCUT2D eigenvalue weighted by Crippen LogP contribution is 2.44. The summed E-state index contributed by atoms with van der Waals surface area (Å²) in [6.07, 6.45) is 6.63. The molecule has 0 spiro atoms. The molecule has 132 valence electrons. The number of furan rings is 1. The molecular formula is C19H23N3O3. The second-order valence-electron chi connectivity index (χ2n) is 7.07. The number of pyridine rings is 1. The van der Waals surface area contributed by atoms with Crippen LogP contribution in [0.1, 0.15) is 37.1 Å². The molecule has 6 nitrogen and oxygen atoms in total. The molecule has 6 heteroatoms. The van der Waals surface area contributed by atoms with Crippen LogP contribution in [0.25, 0.3) is 0 Å². The van der Waals surface area contributed by atoms with Gasteiger partial charge in [0.25, 0.3) is 0 Å². The van der Waals surface area contributed by atoms with Gasteiger partial charge in [-0.25, -0.2) is 0 Å². The molecule has 2 bridgehead atoms. The van der Waals surface area contributed by atoms with E-state index >= 15 is 0 Å². The number of aromatic nitrogens is 1. The quantitative estimate of drug-likeness (QED) is 0.867. The van der Waals surface area contributed by atoms with Crippen molar-refractivity contribution in [1.29, 1.82) is 0 Å². The Bertz CT molecular complexity index is 703. The highest BCUT2D eigenvalue weighted by molar-refractivity contribution is 5.78. The minimum atomic E-state index is -0.881. The Labute approximate surface area is 146 Å². The monoisotopic (exact) mass is 341 g/mol. The van der Waals surface area contributed by atoms with Gasteiger partial charge in [0.15, 0.2) is 0 Å². The van der Waals surface area contributed by atoms with Crippen LogP contribution in [-0.4, -0.2) is 39.5 Å². The summed E-state index contributed by atoms with van der Waals surface area (Å²) in [5, 5.41) is 14.0. The van der Waals surface area contributed by atoms with Gasteiger partial charge in [-0.15, -0.1) is 0 Å². The van der Waals surface area contributed by atoms with Gasteiger partial charge in [-0.2, -0.15) is 0 Å². The lowest BCUT2D eigenvalue weighted by atomic mass is 9.83. The highest BCUT2D eigenvalue weighted by atomic mass is 16.3. The van der Waals surface area contributed by atoms with E-state index in [1.807, 2.05) is 30.3 Å². The summed E-state index contributed by atoms with van der Waals surface area (Å²) in [7, 11) is 0. The van der Waals surface area contributed by atoms with Crippen LogP contribution in [0.4, 0.5) is 0 Å². The van der Waals surface area contributed by atoms with Crippen LogP contribution in [0.5, 0.6) is 0 Å². The first kappa shape index (κ1) is 16.3. The smallest absolute Gasteiger partial charge is 0.234 e. The number of nitrogens with zero attached hydrogens (tertiary/aromatic N) is 2. The van der Waals surface area contributed by atoms with Crippen molar-refractivity contribution < 1.29 is 14.3 Å². The van der Waals surface area contributed by atoms with E-state index in [4.69, 9.17) is 4.42 Å². The molecule has 2 aromatic heterocycles. The van der Waals surface area contributed by atoms with Crippen molar-refractivity contribution in [2.45, 2.75) is 49.9 Å². The third-order valence-electron chi connectivity index (χ3n) is 5.43. The topological polar surface area (TPSA) is 78.6 Å². The lowest BCUT2D eigenvalue weighted by molar-refractivity contribution is -0.126. The van der Waals surface area contributed by atoms with Gasteiger partial charge in [0.05, 0.1) is 25.0 Å². The number of hydrogen-bond acceptors (Lipinski definition) is 5. The van der Waals surface area contributed by atoms with Crippen molar-refractivity contribution in [1.82, 2.24) is 15.2 Å². The number of carbonyl (C=O) groups excluding carboxylic acids is 1. The Morgan fingerprint density at radius 1 is 1.28 bits per heavy atom. The maximum Gasteiger partial charge on any atom is 0.234 e. The van der Waals surface area contributed by atoms with Crippen molar-refractivity contribution in [3.8, 4) is 0 Å². The highest BCUT2D eigenvalue weighted by Gasteiger charge is 2.49. The van der Waals surface area contributed by atoms with Crippen LogP contribution in [0.3, 0.4) is 0 Å². The van der Waals surface area contributed by atoms with Gasteiger partial charge in [0, 0.05) is 18.3 Å². The molecule has 2 aliphatic heterocycles. The van der Waals surface area contributed by atoms with Gasteiger partial charge in [-0.3, -0.25) is 14.7 Å². The molecule has 0 radical (unpaired) electrons. The molecule has 0 aromatic carbocycles. The van der Waals surface area contributed by atoms with E-state index < -0.39 is 5.60 Å².